The predicted octanol–water partition coefficient (Wildman–Crippen LogP) is 4.33. The van der Waals surface area contributed by atoms with E-state index in [0.717, 1.165) is 24.1 Å². The Morgan fingerprint density at radius 3 is 2.43 bits per heavy atom. The molecule has 2 unspecified atom stereocenters. The fourth-order valence-corrected chi connectivity index (χ4v) is 2.00. The zero-order valence-corrected chi connectivity index (χ0v) is 16.9. The molecule has 0 saturated heterocycles. The molecular formula is C15H25ClIN3S. The summed E-state index contributed by atoms with van der Waals surface area (Å²) in [7, 11) is 0. The second-order valence-electron chi connectivity index (χ2n) is 4.68. The van der Waals surface area contributed by atoms with Crippen molar-refractivity contribution in [1.82, 2.24) is 10.6 Å². The van der Waals surface area contributed by atoms with Crippen LogP contribution in [0.5, 0.6) is 0 Å². The van der Waals surface area contributed by atoms with E-state index in [1.54, 1.807) is 0 Å². The summed E-state index contributed by atoms with van der Waals surface area (Å²) >= 11 is 7.74. The summed E-state index contributed by atoms with van der Waals surface area (Å²) < 4.78 is 0. The molecule has 1 rings (SSSR count). The standard InChI is InChI=1S/C15H24ClN3S.HI/c1-5-17-15(18-10-11(2)20-4)19-12(3)13-6-8-14(16)9-7-13;/h6-9,11-12H,5,10H2,1-4H3,(H2,17,18,19);1H. The number of guanidine groups is 1. The molecular weight excluding hydrogens is 417 g/mol. The Kier molecular flexibility index (Phi) is 11.4. The van der Waals surface area contributed by atoms with Crippen LogP contribution >= 0.6 is 47.3 Å². The second kappa shape index (κ2) is 11.4. The van der Waals surface area contributed by atoms with E-state index in [2.05, 4.69) is 42.7 Å². The number of hydrogen-bond acceptors (Lipinski definition) is 2. The Hall–Kier alpha value is -0.140. The van der Waals surface area contributed by atoms with Crippen LogP contribution in [0.4, 0.5) is 0 Å². The molecule has 0 aliphatic carbocycles. The molecule has 0 fully saturated rings. The zero-order chi connectivity index (χ0) is 15.0. The van der Waals surface area contributed by atoms with E-state index in [1.165, 1.54) is 5.56 Å². The molecule has 0 heterocycles. The van der Waals surface area contributed by atoms with E-state index in [1.807, 2.05) is 36.0 Å². The molecule has 2 atom stereocenters. The van der Waals surface area contributed by atoms with Crippen molar-refractivity contribution in [3.05, 3.63) is 34.9 Å². The average molecular weight is 442 g/mol. The molecule has 0 spiro atoms. The van der Waals surface area contributed by atoms with Gasteiger partial charge in [0.2, 0.25) is 0 Å². The molecule has 0 bridgehead atoms. The van der Waals surface area contributed by atoms with Gasteiger partial charge in [-0.3, -0.25) is 4.99 Å². The fourth-order valence-electron chi connectivity index (χ4n) is 1.65. The van der Waals surface area contributed by atoms with Gasteiger partial charge in [0.25, 0.3) is 0 Å². The van der Waals surface area contributed by atoms with Crippen LogP contribution in [0.1, 0.15) is 32.4 Å². The SMILES string of the molecule is CCNC(=NCC(C)SC)NC(C)c1ccc(Cl)cc1.I. The molecule has 0 aromatic heterocycles. The second-order valence-corrected chi connectivity index (χ2v) is 6.40. The molecule has 1 aromatic carbocycles. The van der Waals surface area contributed by atoms with E-state index in [9.17, 15) is 0 Å². The molecule has 0 radical (unpaired) electrons. The molecule has 1 aromatic rings. The molecule has 2 N–H and O–H groups in total. The number of hydrogen-bond donors (Lipinski definition) is 2. The molecule has 6 heteroatoms. The molecule has 21 heavy (non-hydrogen) atoms. The quantitative estimate of drug-likeness (QED) is 0.392. The maximum atomic E-state index is 5.91. The van der Waals surface area contributed by atoms with Crippen LogP contribution in [0.25, 0.3) is 0 Å². The van der Waals surface area contributed by atoms with Crippen molar-refractivity contribution in [2.75, 3.05) is 19.3 Å². The van der Waals surface area contributed by atoms with E-state index in [4.69, 9.17) is 11.6 Å². The van der Waals surface area contributed by atoms with Gasteiger partial charge in [-0.25, -0.2) is 0 Å². The summed E-state index contributed by atoms with van der Waals surface area (Å²) in [6.07, 6.45) is 2.11. The molecule has 0 aliphatic heterocycles. The Balaban J connectivity index is 0.00000400. The van der Waals surface area contributed by atoms with Crippen molar-refractivity contribution in [3.63, 3.8) is 0 Å². The van der Waals surface area contributed by atoms with Gasteiger partial charge in [-0.1, -0.05) is 30.7 Å². The minimum absolute atomic E-state index is 0. The maximum absolute atomic E-state index is 5.91. The highest BCUT2D eigenvalue weighted by molar-refractivity contribution is 14.0. The number of thioether (sulfide) groups is 1. The first-order valence-electron chi connectivity index (χ1n) is 6.90. The van der Waals surface area contributed by atoms with Gasteiger partial charge in [0.15, 0.2) is 5.96 Å². The van der Waals surface area contributed by atoms with Crippen LogP contribution in [0.3, 0.4) is 0 Å². The van der Waals surface area contributed by atoms with E-state index in [0.29, 0.717) is 5.25 Å². The molecule has 120 valence electrons. The van der Waals surface area contributed by atoms with E-state index in [-0.39, 0.29) is 30.0 Å². The van der Waals surface area contributed by atoms with Gasteiger partial charge < -0.3 is 10.6 Å². The Morgan fingerprint density at radius 1 is 1.29 bits per heavy atom. The first kappa shape index (κ1) is 20.9. The molecule has 3 nitrogen and oxygen atoms in total. The van der Waals surface area contributed by atoms with Crippen LogP contribution in [0, 0.1) is 0 Å². The van der Waals surface area contributed by atoms with Gasteiger partial charge in [-0.05, 0) is 37.8 Å². The predicted molar refractivity (Wildman–Crippen MR) is 107 cm³/mol. The van der Waals surface area contributed by atoms with Gasteiger partial charge >= 0.3 is 0 Å². The third-order valence-corrected chi connectivity index (χ3v) is 4.18. The van der Waals surface area contributed by atoms with Gasteiger partial charge in [-0.2, -0.15) is 11.8 Å². The lowest BCUT2D eigenvalue weighted by Gasteiger charge is -2.18. The van der Waals surface area contributed by atoms with Gasteiger partial charge in [0.05, 0.1) is 12.6 Å². The normalized spacial score (nSPS) is 14.0. The first-order valence-corrected chi connectivity index (χ1v) is 8.56. The molecule has 0 saturated carbocycles. The summed E-state index contributed by atoms with van der Waals surface area (Å²) in [4.78, 5) is 4.61. The van der Waals surface area contributed by atoms with Crippen LogP contribution in [-0.4, -0.2) is 30.6 Å². The van der Waals surface area contributed by atoms with Crippen molar-refractivity contribution < 1.29 is 0 Å². The smallest absolute Gasteiger partial charge is 0.191 e. The van der Waals surface area contributed by atoms with Gasteiger partial charge in [-0.15, -0.1) is 24.0 Å². The van der Waals surface area contributed by atoms with E-state index >= 15 is 0 Å². The topological polar surface area (TPSA) is 36.4 Å². The monoisotopic (exact) mass is 441 g/mol. The summed E-state index contributed by atoms with van der Waals surface area (Å²) in [6.45, 7) is 8.03. The third-order valence-electron chi connectivity index (χ3n) is 2.98. The Morgan fingerprint density at radius 2 is 1.90 bits per heavy atom. The van der Waals surface area contributed by atoms with E-state index < -0.39 is 0 Å². The highest BCUT2D eigenvalue weighted by Crippen LogP contribution is 2.15. The van der Waals surface area contributed by atoms with Crippen LogP contribution < -0.4 is 10.6 Å². The average Bonchev–Trinajstić information content (AvgIpc) is 2.45. The number of halogens is 2. The lowest BCUT2D eigenvalue weighted by Crippen LogP contribution is -2.39. The highest BCUT2D eigenvalue weighted by atomic mass is 127. The number of nitrogens with zero attached hydrogens (tertiary/aromatic N) is 1. The van der Waals surface area contributed by atoms with Crippen molar-refractivity contribution in [2.24, 2.45) is 4.99 Å². The van der Waals surface area contributed by atoms with Crippen molar-refractivity contribution in [1.29, 1.82) is 0 Å². The van der Waals surface area contributed by atoms with Crippen LogP contribution in [0.2, 0.25) is 5.02 Å². The minimum atomic E-state index is 0. The number of nitrogens with one attached hydrogen (secondary N) is 2. The van der Waals surface area contributed by atoms with Crippen molar-refractivity contribution >= 4 is 53.3 Å². The van der Waals surface area contributed by atoms with Crippen LogP contribution in [0.15, 0.2) is 29.3 Å². The number of benzene rings is 1. The summed E-state index contributed by atoms with van der Waals surface area (Å²) in [5, 5.41) is 7.98. The third kappa shape index (κ3) is 8.16. The van der Waals surface area contributed by atoms with Crippen molar-refractivity contribution in [2.45, 2.75) is 32.1 Å². The zero-order valence-electron chi connectivity index (χ0n) is 13.0. The number of aliphatic imine (C=N–C) groups is 1. The highest BCUT2D eigenvalue weighted by Gasteiger charge is 2.08. The van der Waals surface area contributed by atoms with Gasteiger partial charge in [0.1, 0.15) is 0 Å². The number of rotatable bonds is 6. The molecule has 0 aliphatic rings. The largest absolute Gasteiger partial charge is 0.357 e. The summed E-state index contributed by atoms with van der Waals surface area (Å²) in [5.74, 6) is 0.857. The lowest BCUT2D eigenvalue weighted by molar-refractivity contribution is 0.686. The van der Waals surface area contributed by atoms with Crippen molar-refractivity contribution in [3.8, 4) is 0 Å². The fraction of sp³-hybridized carbons (Fsp3) is 0.533. The molecule has 0 amide bonds. The maximum Gasteiger partial charge on any atom is 0.191 e. The van der Waals surface area contributed by atoms with Crippen LogP contribution in [-0.2, 0) is 0 Å². The van der Waals surface area contributed by atoms with Gasteiger partial charge in [0, 0.05) is 16.8 Å². The Labute approximate surface area is 154 Å². The minimum Gasteiger partial charge on any atom is -0.357 e. The lowest BCUT2D eigenvalue weighted by atomic mass is 10.1. The first-order chi connectivity index (χ1) is 9.56. The Bertz CT molecular complexity index is 425. The summed E-state index contributed by atoms with van der Waals surface area (Å²) in [6, 6.07) is 8.08. The summed E-state index contributed by atoms with van der Waals surface area (Å²) in [5.41, 5.74) is 1.19.